The van der Waals surface area contributed by atoms with E-state index in [0.29, 0.717) is 11.7 Å². The molecule has 0 aromatic rings. The Hall–Kier alpha value is -1.07. The highest BCUT2D eigenvalue weighted by Crippen LogP contribution is 2.28. The molecule has 5 heteroatoms. The number of hydrogen-bond donors (Lipinski definition) is 3. The highest BCUT2D eigenvalue weighted by Gasteiger charge is 2.35. The van der Waals surface area contributed by atoms with Gasteiger partial charge in [0.1, 0.15) is 11.5 Å². The third-order valence-corrected chi connectivity index (χ3v) is 2.78. The fourth-order valence-corrected chi connectivity index (χ4v) is 1.93. The molecule has 2 rings (SSSR count). The zero-order valence-corrected chi connectivity index (χ0v) is 8.07. The Balaban J connectivity index is 2.13. The van der Waals surface area contributed by atoms with Crippen molar-refractivity contribution >= 4 is 6.34 Å². The van der Waals surface area contributed by atoms with Crippen LogP contribution in [-0.4, -0.2) is 25.2 Å². The molecular weight excluding hydrogens is 180 g/mol. The highest BCUT2D eigenvalue weighted by atomic mass is 16.5. The molecule has 0 aromatic carbocycles. The summed E-state index contributed by atoms with van der Waals surface area (Å²) in [6.07, 6.45) is 5.25. The van der Waals surface area contributed by atoms with Crippen LogP contribution in [0, 0.1) is 5.92 Å². The van der Waals surface area contributed by atoms with Gasteiger partial charge in [-0.15, -0.1) is 0 Å². The van der Waals surface area contributed by atoms with E-state index < -0.39 is 5.66 Å². The molecule has 0 bridgehead atoms. The maximum atomic E-state index is 6.17. The number of nitrogens with zero attached hydrogens (tertiary/aromatic N) is 1. The van der Waals surface area contributed by atoms with E-state index in [1.54, 1.807) is 12.4 Å². The summed E-state index contributed by atoms with van der Waals surface area (Å²) in [7, 11) is 0. The first-order valence-corrected chi connectivity index (χ1v) is 4.86. The minimum Gasteiger partial charge on any atom is -0.385 e. The zero-order valence-electron chi connectivity index (χ0n) is 8.07. The predicted molar refractivity (Wildman–Crippen MR) is 54.4 cm³/mol. The number of nitrogens with one attached hydrogen (secondary N) is 1. The van der Waals surface area contributed by atoms with Gasteiger partial charge in [0, 0.05) is 19.1 Å². The molecule has 5 N–H and O–H groups in total. The van der Waals surface area contributed by atoms with E-state index in [0.717, 1.165) is 26.1 Å². The minimum absolute atomic E-state index is 0.327. The quantitative estimate of drug-likeness (QED) is 0.527. The third-order valence-electron chi connectivity index (χ3n) is 2.78. The summed E-state index contributed by atoms with van der Waals surface area (Å²) in [6, 6.07) is 0. The number of nitrogens with two attached hydrogens (primary N) is 2. The van der Waals surface area contributed by atoms with E-state index >= 15 is 0 Å². The molecule has 0 aromatic heterocycles. The van der Waals surface area contributed by atoms with Gasteiger partial charge in [0.15, 0.2) is 0 Å². The number of aliphatic imine (C=N–C) groups is 1. The van der Waals surface area contributed by atoms with Crippen LogP contribution in [0.4, 0.5) is 0 Å². The van der Waals surface area contributed by atoms with E-state index in [1.165, 1.54) is 0 Å². The Bertz CT molecular complexity index is 270. The summed E-state index contributed by atoms with van der Waals surface area (Å²) >= 11 is 0. The second-order valence-corrected chi connectivity index (χ2v) is 3.78. The summed E-state index contributed by atoms with van der Waals surface area (Å²) < 4.78 is 5.29. The van der Waals surface area contributed by atoms with Crippen molar-refractivity contribution in [1.82, 2.24) is 5.32 Å². The average molecular weight is 196 g/mol. The topological polar surface area (TPSA) is 85.7 Å². The Morgan fingerprint density at radius 1 is 1.50 bits per heavy atom. The van der Waals surface area contributed by atoms with Crippen LogP contribution in [-0.2, 0) is 4.74 Å². The molecule has 0 spiro atoms. The minimum atomic E-state index is -0.640. The van der Waals surface area contributed by atoms with Crippen molar-refractivity contribution in [1.29, 1.82) is 0 Å². The first kappa shape index (κ1) is 9.48. The average Bonchev–Trinajstić information content (AvgIpc) is 2.19. The van der Waals surface area contributed by atoms with Crippen LogP contribution in [0.25, 0.3) is 0 Å². The van der Waals surface area contributed by atoms with Crippen molar-refractivity contribution in [3.05, 3.63) is 11.9 Å². The molecule has 0 radical (unpaired) electrons. The van der Waals surface area contributed by atoms with Crippen molar-refractivity contribution in [3.63, 3.8) is 0 Å². The van der Waals surface area contributed by atoms with Crippen LogP contribution in [0.3, 0.4) is 0 Å². The second kappa shape index (κ2) is 3.59. The Kier molecular flexibility index (Phi) is 2.43. The predicted octanol–water partition coefficient (Wildman–Crippen LogP) is -0.500. The third kappa shape index (κ3) is 1.73. The molecule has 0 aliphatic carbocycles. The summed E-state index contributed by atoms with van der Waals surface area (Å²) in [5.41, 5.74) is 11.2. The van der Waals surface area contributed by atoms with E-state index in [2.05, 4.69) is 10.3 Å². The first-order chi connectivity index (χ1) is 6.71. The second-order valence-electron chi connectivity index (χ2n) is 3.78. The van der Waals surface area contributed by atoms with Gasteiger partial charge in [-0.3, -0.25) is 0 Å². The van der Waals surface area contributed by atoms with Crippen LogP contribution in [0.2, 0.25) is 0 Å². The standard InChI is InChI=1S/C9H16N4O/c10-8-5-9(11,13-6-12-8)7-1-3-14-4-2-7/h5-7H,1-4,10-11H2,(H,12,13). The molecule has 2 aliphatic heterocycles. The van der Waals surface area contributed by atoms with Crippen molar-refractivity contribution in [2.24, 2.45) is 22.4 Å². The fraction of sp³-hybridized carbons (Fsp3) is 0.667. The molecular formula is C9H16N4O. The molecule has 1 saturated heterocycles. The van der Waals surface area contributed by atoms with Crippen LogP contribution in [0.15, 0.2) is 16.9 Å². The number of hydrogen-bond acceptors (Lipinski definition) is 5. The normalized spacial score (nSPS) is 33.6. The smallest absolute Gasteiger partial charge is 0.135 e. The molecule has 5 nitrogen and oxygen atoms in total. The summed E-state index contributed by atoms with van der Waals surface area (Å²) in [5, 5.41) is 2.81. The van der Waals surface area contributed by atoms with E-state index in [-0.39, 0.29) is 0 Å². The van der Waals surface area contributed by atoms with E-state index in [1.807, 2.05) is 0 Å². The molecule has 0 saturated carbocycles. The summed E-state index contributed by atoms with van der Waals surface area (Å²) in [6.45, 7) is 1.53. The lowest BCUT2D eigenvalue weighted by molar-refractivity contribution is 0.0484. The van der Waals surface area contributed by atoms with Crippen LogP contribution in [0.5, 0.6) is 0 Å². The van der Waals surface area contributed by atoms with Crippen molar-refractivity contribution in [2.45, 2.75) is 18.5 Å². The lowest BCUT2D eigenvalue weighted by atomic mass is 9.86. The largest absolute Gasteiger partial charge is 0.385 e. The number of rotatable bonds is 1. The van der Waals surface area contributed by atoms with Gasteiger partial charge in [-0.1, -0.05) is 0 Å². The monoisotopic (exact) mass is 196 g/mol. The van der Waals surface area contributed by atoms with Gasteiger partial charge in [0.05, 0.1) is 6.34 Å². The Labute approximate surface area is 83.2 Å². The molecule has 78 valence electrons. The Morgan fingerprint density at radius 3 is 2.86 bits per heavy atom. The van der Waals surface area contributed by atoms with Crippen LogP contribution >= 0.6 is 0 Å². The Morgan fingerprint density at radius 2 is 2.21 bits per heavy atom. The number of ether oxygens (including phenoxy) is 1. The highest BCUT2D eigenvalue weighted by molar-refractivity contribution is 5.60. The maximum absolute atomic E-state index is 6.17. The van der Waals surface area contributed by atoms with Crippen LogP contribution in [0.1, 0.15) is 12.8 Å². The molecule has 1 unspecified atom stereocenters. The van der Waals surface area contributed by atoms with E-state index in [9.17, 15) is 0 Å². The summed E-state index contributed by atoms with van der Waals surface area (Å²) in [5.74, 6) is 0.905. The SMILES string of the molecule is NC1=CC(N)(C2CCOCC2)N=CN1. The zero-order chi connectivity index (χ0) is 10.0. The van der Waals surface area contributed by atoms with Gasteiger partial charge in [-0.25, -0.2) is 4.99 Å². The molecule has 14 heavy (non-hydrogen) atoms. The van der Waals surface area contributed by atoms with Crippen LogP contribution < -0.4 is 16.8 Å². The lowest BCUT2D eigenvalue weighted by Gasteiger charge is -2.35. The van der Waals surface area contributed by atoms with Gasteiger partial charge in [0.2, 0.25) is 0 Å². The summed E-state index contributed by atoms with van der Waals surface area (Å²) in [4.78, 5) is 4.27. The van der Waals surface area contributed by atoms with Gasteiger partial charge >= 0.3 is 0 Å². The molecule has 1 fully saturated rings. The first-order valence-electron chi connectivity index (χ1n) is 4.86. The van der Waals surface area contributed by atoms with Gasteiger partial charge < -0.3 is 21.5 Å². The lowest BCUT2D eigenvalue weighted by Crippen LogP contribution is -2.49. The van der Waals surface area contributed by atoms with E-state index in [4.69, 9.17) is 16.2 Å². The van der Waals surface area contributed by atoms with Gasteiger partial charge in [0.25, 0.3) is 0 Å². The van der Waals surface area contributed by atoms with Crippen molar-refractivity contribution in [2.75, 3.05) is 13.2 Å². The molecule has 2 aliphatic rings. The fourth-order valence-electron chi connectivity index (χ4n) is 1.93. The molecule has 2 heterocycles. The van der Waals surface area contributed by atoms with Gasteiger partial charge in [-0.2, -0.15) is 0 Å². The molecule has 0 amide bonds. The molecule has 1 atom stereocenters. The van der Waals surface area contributed by atoms with Gasteiger partial charge in [-0.05, 0) is 18.9 Å². The maximum Gasteiger partial charge on any atom is 0.135 e. The van der Waals surface area contributed by atoms with Crippen molar-refractivity contribution < 1.29 is 4.74 Å². The van der Waals surface area contributed by atoms with Crippen molar-refractivity contribution in [3.8, 4) is 0 Å².